The number of rotatable bonds is 0. The monoisotopic (exact) mass is 174 g/mol. The van der Waals surface area contributed by atoms with Gasteiger partial charge in [-0.2, -0.15) is 0 Å². The molecule has 11 heavy (non-hydrogen) atoms. The van der Waals surface area contributed by atoms with Gasteiger partial charge in [-0.05, 0) is 12.8 Å². The van der Waals surface area contributed by atoms with Gasteiger partial charge in [-0.3, -0.25) is 0 Å². The van der Waals surface area contributed by atoms with Crippen LogP contribution in [-0.4, -0.2) is 34.8 Å². The molecular weight excluding hydrogens is 160 g/mol. The molecule has 0 radical (unpaired) electrons. The Kier molecular flexibility index (Phi) is 1.68. The number of nitrogens with one attached hydrogen (secondary N) is 1. The third-order valence-corrected chi connectivity index (χ3v) is 5.10. The average Bonchev–Trinajstić information content (AvgIpc) is 2.31. The van der Waals surface area contributed by atoms with E-state index in [9.17, 15) is 4.21 Å². The van der Waals surface area contributed by atoms with Crippen LogP contribution in [0.4, 0.5) is 0 Å². The largest absolute Gasteiger partial charge is 0.309 e. The fraction of sp³-hybridized carbons (Fsp3) is 1.00. The van der Waals surface area contributed by atoms with E-state index in [1.807, 2.05) is 0 Å². The van der Waals surface area contributed by atoms with Gasteiger partial charge < -0.3 is 5.32 Å². The SMILES string of the molecule is CN=S1(=O)CC2CCC(C1)N2. The molecular formula is C7H14N2OS. The summed E-state index contributed by atoms with van der Waals surface area (Å²) in [6.45, 7) is 0. The summed E-state index contributed by atoms with van der Waals surface area (Å²) in [6.07, 6.45) is 2.38. The lowest BCUT2D eigenvalue weighted by Gasteiger charge is -2.23. The first-order valence-electron chi connectivity index (χ1n) is 4.08. The molecule has 0 amide bonds. The minimum Gasteiger partial charge on any atom is -0.309 e. The maximum Gasteiger partial charge on any atom is 0.0495 e. The van der Waals surface area contributed by atoms with Crippen molar-refractivity contribution in [1.82, 2.24) is 5.32 Å². The molecule has 0 aromatic rings. The molecule has 0 aromatic heterocycles. The van der Waals surface area contributed by atoms with Crippen LogP contribution in [0.5, 0.6) is 0 Å². The number of hydrogen-bond donors (Lipinski definition) is 1. The highest BCUT2D eigenvalue weighted by atomic mass is 32.2. The zero-order chi connectivity index (χ0) is 7.90. The summed E-state index contributed by atoms with van der Waals surface area (Å²) >= 11 is 0. The third-order valence-electron chi connectivity index (χ3n) is 2.59. The minimum atomic E-state index is -1.80. The van der Waals surface area contributed by atoms with Crippen molar-refractivity contribution in [2.24, 2.45) is 4.36 Å². The van der Waals surface area contributed by atoms with Crippen LogP contribution in [-0.2, 0) is 9.73 Å². The van der Waals surface area contributed by atoms with Gasteiger partial charge in [0, 0.05) is 40.4 Å². The van der Waals surface area contributed by atoms with E-state index in [0.29, 0.717) is 12.1 Å². The van der Waals surface area contributed by atoms with Gasteiger partial charge in [0.15, 0.2) is 0 Å². The fourth-order valence-electron chi connectivity index (χ4n) is 2.01. The number of hydrogen-bond acceptors (Lipinski definition) is 3. The Morgan fingerprint density at radius 2 is 1.91 bits per heavy atom. The topological polar surface area (TPSA) is 41.5 Å². The van der Waals surface area contributed by atoms with Crippen LogP contribution in [0.15, 0.2) is 4.36 Å². The zero-order valence-corrected chi connectivity index (χ0v) is 7.56. The van der Waals surface area contributed by atoms with E-state index in [2.05, 4.69) is 9.68 Å². The molecule has 2 bridgehead atoms. The van der Waals surface area contributed by atoms with Gasteiger partial charge in [-0.1, -0.05) is 0 Å². The highest BCUT2D eigenvalue weighted by Crippen LogP contribution is 2.22. The number of fused-ring (bicyclic) bond motifs is 2. The second-order valence-corrected chi connectivity index (χ2v) is 6.00. The van der Waals surface area contributed by atoms with Crippen molar-refractivity contribution < 1.29 is 4.21 Å². The molecule has 3 nitrogen and oxygen atoms in total. The first-order valence-corrected chi connectivity index (χ1v) is 5.94. The maximum absolute atomic E-state index is 11.8. The van der Waals surface area contributed by atoms with Gasteiger partial charge in [0.25, 0.3) is 0 Å². The van der Waals surface area contributed by atoms with E-state index in [1.54, 1.807) is 7.05 Å². The summed E-state index contributed by atoms with van der Waals surface area (Å²) in [7, 11) is -0.114. The second kappa shape index (κ2) is 2.45. The molecule has 2 aliphatic rings. The quantitative estimate of drug-likeness (QED) is 0.570. The summed E-state index contributed by atoms with van der Waals surface area (Å²) in [6, 6.07) is 0.981. The Bertz CT molecular complexity index is 250. The summed E-state index contributed by atoms with van der Waals surface area (Å²) in [5.74, 6) is 1.56. The van der Waals surface area contributed by atoms with Crippen LogP contribution in [0, 0.1) is 0 Å². The zero-order valence-electron chi connectivity index (χ0n) is 6.75. The van der Waals surface area contributed by atoms with E-state index in [0.717, 1.165) is 11.5 Å². The highest BCUT2D eigenvalue weighted by Gasteiger charge is 2.34. The minimum absolute atomic E-state index is 0.491. The van der Waals surface area contributed by atoms with Crippen LogP contribution in [0.1, 0.15) is 12.8 Å². The van der Waals surface area contributed by atoms with Crippen LogP contribution in [0.25, 0.3) is 0 Å². The molecule has 2 rings (SSSR count). The molecule has 0 aliphatic carbocycles. The lowest BCUT2D eigenvalue weighted by atomic mass is 10.2. The van der Waals surface area contributed by atoms with Crippen LogP contribution in [0.3, 0.4) is 0 Å². The van der Waals surface area contributed by atoms with Crippen molar-refractivity contribution in [1.29, 1.82) is 0 Å². The average molecular weight is 174 g/mol. The Hall–Kier alpha value is -0.0900. The van der Waals surface area contributed by atoms with Gasteiger partial charge in [-0.25, -0.2) is 8.57 Å². The molecule has 2 atom stereocenters. The Morgan fingerprint density at radius 3 is 2.36 bits per heavy atom. The van der Waals surface area contributed by atoms with Crippen molar-refractivity contribution in [3.05, 3.63) is 0 Å². The van der Waals surface area contributed by atoms with E-state index in [-0.39, 0.29) is 0 Å². The summed E-state index contributed by atoms with van der Waals surface area (Å²) in [5, 5.41) is 3.44. The Labute approximate surface area is 67.7 Å². The Morgan fingerprint density at radius 1 is 1.36 bits per heavy atom. The molecule has 4 heteroatoms. The molecule has 1 N–H and O–H groups in total. The van der Waals surface area contributed by atoms with Gasteiger partial charge in [0.2, 0.25) is 0 Å². The third kappa shape index (κ3) is 1.29. The molecule has 0 spiro atoms. The molecule has 2 aliphatic heterocycles. The smallest absolute Gasteiger partial charge is 0.0495 e. The van der Waals surface area contributed by atoms with Crippen LogP contribution < -0.4 is 5.32 Å². The molecule has 0 aromatic carbocycles. The van der Waals surface area contributed by atoms with Gasteiger partial charge in [-0.15, -0.1) is 0 Å². The maximum atomic E-state index is 11.8. The molecule has 64 valence electrons. The van der Waals surface area contributed by atoms with Gasteiger partial charge in [0.05, 0.1) is 0 Å². The van der Waals surface area contributed by atoms with Gasteiger partial charge >= 0.3 is 0 Å². The van der Waals surface area contributed by atoms with E-state index in [4.69, 9.17) is 0 Å². The lowest BCUT2D eigenvalue weighted by molar-refractivity contribution is 0.564. The first kappa shape index (κ1) is 7.55. The molecule has 2 fully saturated rings. The summed E-state index contributed by atoms with van der Waals surface area (Å²) in [4.78, 5) is 0. The van der Waals surface area contributed by atoms with Crippen molar-refractivity contribution in [2.45, 2.75) is 24.9 Å². The molecule has 0 saturated carbocycles. The van der Waals surface area contributed by atoms with Crippen LogP contribution in [0.2, 0.25) is 0 Å². The predicted octanol–water partition coefficient (Wildman–Crippen LogP) is 0.218. The van der Waals surface area contributed by atoms with E-state index in [1.165, 1.54) is 12.8 Å². The molecule has 2 saturated heterocycles. The normalized spacial score (nSPS) is 49.2. The van der Waals surface area contributed by atoms with Crippen molar-refractivity contribution in [3.8, 4) is 0 Å². The van der Waals surface area contributed by atoms with Gasteiger partial charge in [0.1, 0.15) is 0 Å². The second-order valence-electron chi connectivity index (χ2n) is 3.43. The van der Waals surface area contributed by atoms with Crippen molar-refractivity contribution >= 4 is 9.73 Å². The van der Waals surface area contributed by atoms with Crippen LogP contribution >= 0.6 is 0 Å². The summed E-state index contributed by atoms with van der Waals surface area (Å²) < 4.78 is 15.8. The van der Waals surface area contributed by atoms with E-state index >= 15 is 0 Å². The first-order chi connectivity index (χ1) is 5.22. The lowest BCUT2D eigenvalue weighted by Crippen LogP contribution is -2.45. The fourth-order valence-corrected chi connectivity index (χ4v) is 4.23. The summed E-state index contributed by atoms with van der Waals surface area (Å²) in [5.41, 5.74) is 0. The highest BCUT2D eigenvalue weighted by molar-refractivity contribution is 7.93. The number of nitrogens with zero attached hydrogens (tertiary/aromatic N) is 1. The standard InChI is InChI=1S/C7H14N2OS/c1-8-11(10)4-6-2-3-7(5-11)9-6/h6-7,9H,2-5H2,1H3. The molecule has 2 heterocycles. The van der Waals surface area contributed by atoms with E-state index < -0.39 is 9.73 Å². The van der Waals surface area contributed by atoms with Crippen molar-refractivity contribution in [3.63, 3.8) is 0 Å². The van der Waals surface area contributed by atoms with Crippen molar-refractivity contribution in [2.75, 3.05) is 18.6 Å². The predicted molar refractivity (Wildman–Crippen MR) is 46.2 cm³/mol. The molecule has 2 unspecified atom stereocenters. The Balaban J connectivity index is 2.27.